The lowest BCUT2D eigenvalue weighted by Gasteiger charge is -2.10. The molecule has 1 aliphatic rings. The van der Waals surface area contributed by atoms with Crippen molar-refractivity contribution in [3.8, 4) is 0 Å². The summed E-state index contributed by atoms with van der Waals surface area (Å²) in [5.41, 5.74) is 0. The van der Waals surface area contributed by atoms with E-state index in [1.807, 2.05) is 24.0 Å². The molecule has 0 aromatic carbocycles. The topological polar surface area (TPSA) is 29.9 Å². The number of thioether (sulfide) groups is 1. The molecule has 0 bridgehead atoms. The van der Waals surface area contributed by atoms with Gasteiger partial charge in [-0.3, -0.25) is 0 Å². The van der Waals surface area contributed by atoms with E-state index >= 15 is 0 Å². The zero-order chi connectivity index (χ0) is 9.10. The van der Waals surface area contributed by atoms with E-state index < -0.39 is 0 Å². The highest BCUT2D eigenvalue weighted by Gasteiger charge is 2.15. The summed E-state index contributed by atoms with van der Waals surface area (Å²) >= 11 is 2.07. The predicted octanol–water partition coefficient (Wildman–Crippen LogP) is 1.73. The monoisotopic (exact) mass is 197 g/mol. The van der Waals surface area contributed by atoms with Gasteiger partial charge in [-0.2, -0.15) is 11.8 Å². The van der Waals surface area contributed by atoms with Crippen molar-refractivity contribution < 1.29 is 0 Å². The number of aryl methyl sites for hydroxylation is 1. The molecule has 1 atom stereocenters. The van der Waals surface area contributed by atoms with Crippen molar-refractivity contribution in [2.45, 2.75) is 18.1 Å². The van der Waals surface area contributed by atoms with E-state index in [1.165, 1.54) is 18.6 Å². The molecule has 2 rings (SSSR count). The van der Waals surface area contributed by atoms with Crippen LogP contribution in [0.2, 0.25) is 0 Å². The van der Waals surface area contributed by atoms with Crippen LogP contribution in [0, 0.1) is 0 Å². The Kier molecular flexibility index (Phi) is 2.78. The van der Waals surface area contributed by atoms with Gasteiger partial charge in [0.05, 0.1) is 0 Å². The maximum Gasteiger partial charge on any atom is 0.202 e. The van der Waals surface area contributed by atoms with E-state index in [0.717, 1.165) is 17.7 Å². The molecule has 0 saturated carbocycles. The molecule has 72 valence electrons. The second-order valence-electron chi connectivity index (χ2n) is 3.38. The van der Waals surface area contributed by atoms with Crippen LogP contribution < -0.4 is 5.32 Å². The molecule has 1 aromatic rings. The smallest absolute Gasteiger partial charge is 0.202 e. The highest BCUT2D eigenvalue weighted by atomic mass is 32.2. The molecule has 1 aliphatic heterocycles. The zero-order valence-corrected chi connectivity index (χ0v) is 8.68. The molecule has 1 unspecified atom stereocenters. The molecular weight excluding hydrogens is 182 g/mol. The van der Waals surface area contributed by atoms with Crippen LogP contribution in [0.3, 0.4) is 0 Å². The minimum atomic E-state index is 0.789. The van der Waals surface area contributed by atoms with Gasteiger partial charge in [0.25, 0.3) is 0 Å². The number of rotatable bonds is 3. The molecule has 2 heterocycles. The molecule has 1 fully saturated rings. The highest BCUT2D eigenvalue weighted by molar-refractivity contribution is 8.00. The van der Waals surface area contributed by atoms with Gasteiger partial charge in [-0.05, 0) is 18.6 Å². The Morgan fingerprint density at radius 1 is 1.77 bits per heavy atom. The number of aromatic nitrogens is 2. The van der Waals surface area contributed by atoms with E-state index in [1.54, 1.807) is 0 Å². The van der Waals surface area contributed by atoms with Crippen molar-refractivity contribution in [3.05, 3.63) is 12.4 Å². The lowest BCUT2D eigenvalue weighted by molar-refractivity contribution is 0.792. The van der Waals surface area contributed by atoms with Crippen LogP contribution in [0.4, 0.5) is 5.95 Å². The molecule has 3 nitrogen and oxygen atoms in total. The van der Waals surface area contributed by atoms with Crippen LogP contribution in [0.5, 0.6) is 0 Å². The van der Waals surface area contributed by atoms with E-state index in [4.69, 9.17) is 0 Å². The summed E-state index contributed by atoms with van der Waals surface area (Å²) in [6, 6.07) is 0. The van der Waals surface area contributed by atoms with Crippen molar-refractivity contribution in [2.24, 2.45) is 7.05 Å². The highest BCUT2D eigenvalue weighted by Crippen LogP contribution is 2.25. The van der Waals surface area contributed by atoms with Gasteiger partial charge >= 0.3 is 0 Å². The summed E-state index contributed by atoms with van der Waals surface area (Å²) in [6.45, 7) is 1.05. The van der Waals surface area contributed by atoms with Crippen LogP contribution in [-0.4, -0.2) is 27.1 Å². The second kappa shape index (κ2) is 4.05. The largest absolute Gasteiger partial charge is 0.355 e. The molecule has 13 heavy (non-hydrogen) atoms. The average molecular weight is 197 g/mol. The Hall–Kier alpha value is -0.640. The van der Waals surface area contributed by atoms with E-state index in [-0.39, 0.29) is 0 Å². The van der Waals surface area contributed by atoms with Crippen molar-refractivity contribution in [1.82, 2.24) is 9.55 Å². The van der Waals surface area contributed by atoms with Gasteiger partial charge in [0.1, 0.15) is 0 Å². The van der Waals surface area contributed by atoms with Gasteiger partial charge in [0, 0.05) is 31.2 Å². The summed E-state index contributed by atoms with van der Waals surface area (Å²) < 4.78 is 2.01. The molecule has 0 amide bonds. The zero-order valence-electron chi connectivity index (χ0n) is 7.86. The Morgan fingerprint density at radius 2 is 2.69 bits per heavy atom. The number of nitrogens with zero attached hydrogens (tertiary/aromatic N) is 2. The van der Waals surface area contributed by atoms with Gasteiger partial charge in [-0.1, -0.05) is 0 Å². The number of hydrogen-bond acceptors (Lipinski definition) is 3. The van der Waals surface area contributed by atoms with E-state index in [0.29, 0.717) is 0 Å². The molecule has 1 N–H and O–H groups in total. The summed E-state index contributed by atoms with van der Waals surface area (Å²) in [7, 11) is 2.01. The third-order valence-corrected chi connectivity index (χ3v) is 3.73. The van der Waals surface area contributed by atoms with Gasteiger partial charge in [0.2, 0.25) is 5.95 Å². The normalized spacial score (nSPS) is 22.1. The van der Waals surface area contributed by atoms with Gasteiger partial charge in [0.15, 0.2) is 0 Å². The lowest BCUT2D eigenvalue weighted by atomic mass is 10.2. The Balaban J connectivity index is 1.82. The fourth-order valence-electron chi connectivity index (χ4n) is 1.55. The first-order valence-corrected chi connectivity index (χ1v) is 5.74. The summed E-state index contributed by atoms with van der Waals surface area (Å²) in [5.74, 6) is 2.31. The number of nitrogens with one attached hydrogen (secondary N) is 1. The maximum atomic E-state index is 4.22. The molecule has 1 aromatic heterocycles. The third kappa shape index (κ3) is 2.18. The number of hydrogen-bond donors (Lipinski definition) is 1. The van der Waals surface area contributed by atoms with Crippen molar-refractivity contribution in [3.63, 3.8) is 0 Å². The number of imidazole rings is 1. The van der Waals surface area contributed by atoms with Crippen LogP contribution in [-0.2, 0) is 7.05 Å². The fraction of sp³-hybridized carbons (Fsp3) is 0.667. The predicted molar refractivity (Wildman–Crippen MR) is 57.2 cm³/mol. The summed E-state index contributed by atoms with van der Waals surface area (Å²) in [4.78, 5) is 4.22. The van der Waals surface area contributed by atoms with Crippen LogP contribution in [0.1, 0.15) is 12.8 Å². The maximum absolute atomic E-state index is 4.22. The molecular formula is C9H15N3S. The van der Waals surface area contributed by atoms with Gasteiger partial charge in [-0.25, -0.2) is 4.98 Å². The summed E-state index contributed by atoms with van der Waals surface area (Å²) in [6.07, 6.45) is 6.51. The van der Waals surface area contributed by atoms with Crippen molar-refractivity contribution >= 4 is 17.7 Å². The second-order valence-corrected chi connectivity index (χ2v) is 4.79. The third-order valence-electron chi connectivity index (χ3n) is 2.33. The van der Waals surface area contributed by atoms with Crippen molar-refractivity contribution in [1.29, 1.82) is 0 Å². The van der Waals surface area contributed by atoms with Crippen molar-refractivity contribution in [2.75, 3.05) is 17.6 Å². The van der Waals surface area contributed by atoms with Gasteiger partial charge in [-0.15, -0.1) is 0 Å². The first kappa shape index (κ1) is 8.94. The van der Waals surface area contributed by atoms with E-state index in [9.17, 15) is 0 Å². The van der Waals surface area contributed by atoms with Gasteiger partial charge < -0.3 is 9.88 Å². The van der Waals surface area contributed by atoms with E-state index in [2.05, 4.69) is 22.1 Å². The minimum Gasteiger partial charge on any atom is -0.355 e. The Labute approximate surface area is 82.9 Å². The van der Waals surface area contributed by atoms with Crippen LogP contribution in [0.15, 0.2) is 12.4 Å². The quantitative estimate of drug-likeness (QED) is 0.800. The lowest BCUT2D eigenvalue weighted by Crippen LogP contribution is -2.15. The molecule has 0 radical (unpaired) electrons. The number of anilines is 1. The Morgan fingerprint density at radius 3 is 3.31 bits per heavy atom. The first-order valence-electron chi connectivity index (χ1n) is 4.69. The Bertz CT molecular complexity index is 266. The standard InChI is InChI=1S/C9H15N3S/c1-12-5-4-10-9(12)11-7-8-3-2-6-13-8/h4-5,8H,2-3,6-7H2,1H3,(H,10,11). The molecule has 1 saturated heterocycles. The average Bonchev–Trinajstić information content (AvgIpc) is 2.72. The van der Waals surface area contributed by atoms with Crippen LogP contribution >= 0.6 is 11.8 Å². The molecule has 4 heteroatoms. The molecule has 0 aliphatic carbocycles. The fourth-order valence-corrected chi connectivity index (χ4v) is 2.75. The molecule has 0 spiro atoms. The first-order chi connectivity index (χ1) is 6.36. The SMILES string of the molecule is Cn1ccnc1NCC1CCCS1. The summed E-state index contributed by atoms with van der Waals surface area (Å²) in [5, 5.41) is 4.15. The minimum absolute atomic E-state index is 0.789. The van der Waals surface area contributed by atoms with Crippen LogP contribution in [0.25, 0.3) is 0 Å².